The van der Waals surface area contributed by atoms with Crippen LogP contribution >= 0.6 is 0 Å². The van der Waals surface area contributed by atoms with E-state index in [2.05, 4.69) is 80.7 Å². The molecule has 0 fully saturated rings. The third-order valence-electron chi connectivity index (χ3n) is 3.48. The molecular formula is C21H22Cl2SiZr-2. The van der Waals surface area contributed by atoms with Crippen molar-refractivity contribution in [3.05, 3.63) is 83.5 Å². The van der Waals surface area contributed by atoms with E-state index in [-0.39, 0.29) is 30.2 Å². The SMILES string of the molecule is CC1=[C-]CC=C1.C[Si](C)=[Zr+2].[Cl-].[Cl-].[c-]1cccc2c1Cc1ccccc1-2. The van der Waals surface area contributed by atoms with Crippen molar-refractivity contribution in [1.82, 2.24) is 0 Å². The van der Waals surface area contributed by atoms with Crippen molar-refractivity contribution in [1.29, 1.82) is 0 Å². The van der Waals surface area contributed by atoms with E-state index in [9.17, 15) is 0 Å². The van der Waals surface area contributed by atoms with Gasteiger partial charge in [0.1, 0.15) is 0 Å². The third kappa shape index (κ3) is 8.22. The van der Waals surface area contributed by atoms with Crippen LogP contribution in [-0.4, -0.2) is 5.43 Å². The first-order valence-electron chi connectivity index (χ1n) is 7.91. The normalized spacial score (nSPS) is 12.0. The van der Waals surface area contributed by atoms with Gasteiger partial charge in [-0.15, -0.1) is 12.0 Å². The summed E-state index contributed by atoms with van der Waals surface area (Å²) in [5, 5.41) is 0. The van der Waals surface area contributed by atoms with Gasteiger partial charge in [0.05, 0.1) is 0 Å². The fourth-order valence-electron chi connectivity index (χ4n) is 2.51. The minimum absolute atomic E-state index is 0. The average molecular weight is 465 g/mol. The van der Waals surface area contributed by atoms with Crippen LogP contribution in [0.4, 0.5) is 0 Å². The second kappa shape index (κ2) is 12.9. The second-order valence-electron chi connectivity index (χ2n) is 5.86. The molecule has 0 nitrogen and oxygen atoms in total. The summed E-state index contributed by atoms with van der Waals surface area (Å²) in [4.78, 5) is 0. The molecule has 0 unspecified atom stereocenters. The van der Waals surface area contributed by atoms with E-state index in [0.717, 1.165) is 12.8 Å². The molecule has 2 aliphatic carbocycles. The first-order valence-corrected chi connectivity index (χ1v) is 14.1. The molecule has 4 rings (SSSR count). The monoisotopic (exact) mass is 462 g/mol. The number of hydrogen-bond donors (Lipinski definition) is 0. The molecule has 130 valence electrons. The standard InChI is InChI=1S/C13H9.C6H7.C2H6Si.2ClH.Zr/c1-3-7-12-10(5-1)9-11-6-2-4-8-13(11)12;1-6-4-2-3-5-6;1-3-2;;;/h1-5,7-8H,9H2;2,4H,3H2,1H3;1-2H3;2*1H;/q2*-1;;;;+2/p-2. The van der Waals surface area contributed by atoms with Gasteiger partial charge in [-0.3, -0.25) is 6.08 Å². The molecular weight excluding hydrogens is 442 g/mol. The quantitative estimate of drug-likeness (QED) is 0.312. The molecule has 0 heterocycles. The van der Waals surface area contributed by atoms with Crippen LogP contribution in [0.3, 0.4) is 0 Å². The Bertz CT molecular complexity index is 701. The number of benzene rings is 2. The molecule has 0 aliphatic heterocycles. The largest absolute Gasteiger partial charge is 1.00 e. The van der Waals surface area contributed by atoms with Crippen LogP contribution in [-0.2, 0) is 29.8 Å². The third-order valence-corrected chi connectivity index (χ3v) is 3.48. The Labute approximate surface area is 180 Å². The van der Waals surface area contributed by atoms with Crippen LogP contribution in [0.2, 0.25) is 13.1 Å². The zero-order valence-corrected chi connectivity index (χ0v) is 19.8. The molecule has 0 radical (unpaired) electrons. The molecule has 2 aromatic carbocycles. The molecule has 0 bridgehead atoms. The minimum Gasteiger partial charge on any atom is -1.00 e. The van der Waals surface area contributed by atoms with Crippen LogP contribution in [0.25, 0.3) is 11.1 Å². The molecule has 0 atom stereocenters. The molecule has 4 heteroatoms. The van der Waals surface area contributed by atoms with Gasteiger partial charge in [-0.05, 0) is 6.42 Å². The van der Waals surface area contributed by atoms with Crippen molar-refractivity contribution in [3.8, 4) is 11.1 Å². The van der Waals surface area contributed by atoms with Crippen LogP contribution in [0.1, 0.15) is 24.5 Å². The van der Waals surface area contributed by atoms with Crippen molar-refractivity contribution in [2.24, 2.45) is 0 Å². The smallest absolute Gasteiger partial charge is 0.0253 e. The van der Waals surface area contributed by atoms with Crippen LogP contribution in [0.5, 0.6) is 0 Å². The van der Waals surface area contributed by atoms with Crippen LogP contribution < -0.4 is 24.8 Å². The van der Waals surface area contributed by atoms with Gasteiger partial charge in [-0.25, -0.2) is 11.6 Å². The Morgan fingerprint density at radius 1 is 1.00 bits per heavy atom. The Balaban J connectivity index is 0.000000410. The van der Waals surface area contributed by atoms with Crippen molar-refractivity contribution < 1.29 is 48.1 Å². The maximum absolute atomic E-state index is 3.30. The van der Waals surface area contributed by atoms with Gasteiger partial charge in [-0.2, -0.15) is 35.9 Å². The number of hydrogen-bond acceptors (Lipinski definition) is 0. The first kappa shape index (κ1) is 24.6. The topological polar surface area (TPSA) is 0 Å². The van der Waals surface area contributed by atoms with E-state index >= 15 is 0 Å². The maximum atomic E-state index is 3.30. The zero-order chi connectivity index (χ0) is 16.7. The van der Waals surface area contributed by atoms with Crippen molar-refractivity contribution >= 4 is 5.43 Å². The van der Waals surface area contributed by atoms with Gasteiger partial charge in [0.15, 0.2) is 0 Å². The summed E-state index contributed by atoms with van der Waals surface area (Å²) < 4.78 is 0. The summed E-state index contributed by atoms with van der Waals surface area (Å²) in [6.07, 6.45) is 9.38. The molecule has 0 saturated heterocycles. The Kier molecular flexibility index (Phi) is 12.7. The minimum atomic E-state index is 0. The molecule has 0 amide bonds. The van der Waals surface area contributed by atoms with E-state index in [1.807, 2.05) is 6.07 Å². The summed E-state index contributed by atoms with van der Waals surface area (Å²) >= 11 is 1.74. The average Bonchev–Trinajstić information content (AvgIpc) is 3.13. The molecule has 2 aromatic rings. The predicted octanol–water partition coefficient (Wildman–Crippen LogP) is -0.454. The predicted molar refractivity (Wildman–Crippen MR) is 97.2 cm³/mol. The van der Waals surface area contributed by atoms with Crippen molar-refractivity contribution in [2.75, 3.05) is 0 Å². The number of allylic oxidation sites excluding steroid dienone is 4. The summed E-state index contributed by atoms with van der Waals surface area (Å²) in [6, 6.07) is 18.1. The van der Waals surface area contributed by atoms with Crippen LogP contribution in [0.15, 0.2) is 60.2 Å². The first-order chi connectivity index (χ1) is 11.1. The van der Waals surface area contributed by atoms with Crippen molar-refractivity contribution in [3.63, 3.8) is 0 Å². The molecule has 2 aliphatic rings. The molecule has 0 saturated carbocycles. The van der Waals surface area contributed by atoms with Crippen LogP contribution in [0, 0.1) is 12.1 Å². The van der Waals surface area contributed by atoms with Gasteiger partial charge in [0.2, 0.25) is 0 Å². The summed E-state index contributed by atoms with van der Waals surface area (Å²) in [5.41, 5.74) is 6.99. The van der Waals surface area contributed by atoms with E-state index in [1.165, 1.54) is 27.8 Å². The Hall–Kier alpha value is -0.400. The number of fused-ring (bicyclic) bond motifs is 3. The van der Waals surface area contributed by atoms with E-state index in [0.29, 0.717) is 0 Å². The van der Waals surface area contributed by atoms with Gasteiger partial charge < -0.3 is 24.8 Å². The molecule has 0 aromatic heterocycles. The number of halogens is 2. The molecule has 0 N–H and O–H groups in total. The fourth-order valence-corrected chi connectivity index (χ4v) is 2.51. The van der Waals surface area contributed by atoms with Gasteiger partial charge >= 0.3 is 41.9 Å². The maximum Gasteiger partial charge on any atom is -0.0253 e. The van der Waals surface area contributed by atoms with Gasteiger partial charge in [0.25, 0.3) is 0 Å². The Morgan fingerprint density at radius 3 is 2.20 bits per heavy atom. The molecule has 0 spiro atoms. The fraction of sp³-hybridized carbons (Fsp3) is 0.238. The summed E-state index contributed by atoms with van der Waals surface area (Å²) in [5.74, 6) is 0. The van der Waals surface area contributed by atoms with E-state index in [1.54, 1.807) is 23.3 Å². The van der Waals surface area contributed by atoms with Gasteiger partial charge in [0, 0.05) is 0 Å². The molecule has 25 heavy (non-hydrogen) atoms. The number of rotatable bonds is 0. The van der Waals surface area contributed by atoms with Crippen molar-refractivity contribution in [2.45, 2.75) is 32.9 Å². The Morgan fingerprint density at radius 2 is 1.64 bits per heavy atom. The second-order valence-corrected chi connectivity index (χ2v) is 15.2. The zero-order valence-electron chi connectivity index (χ0n) is 14.9. The van der Waals surface area contributed by atoms with E-state index < -0.39 is 0 Å². The van der Waals surface area contributed by atoms with E-state index in [4.69, 9.17) is 0 Å². The summed E-state index contributed by atoms with van der Waals surface area (Å²) in [6.45, 7) is 6.68. The van der Waals surface area contributed by atoms with Gasteiger partial charge in [-0.1, -0.05) is 42.3 Å². The summed E-state index contributed by atoms with van der Waals surface area (Å²) in [7, 11) is 0.